The molecule has 1 aromatic carbocycles. The van der Waals surface area contributed by atoms with Crippen molar-refractivity contribution in [3.63, 3.8) is 0 Å². The van der Waals surface area contributed by atoms with Gasteiger partial charge in [-0.05, 0) is 12.1 Å². The van der Waals surface area contributed by atoms with Crippen LogP contribution in [0.5, 0.6) is 0 Å². The highest BCUT2D eigenvalue weighted by molar-refractivity contribution is 7.86. The Balaban J connectivity index is 1.74. The van der Waals surface area contributed by atoms with Crippen LogP contribution in [0.2, 0.25) is 0 Å². The summed E-state index contributed by atoms with van der Waals surface area (Å²) in [6.07, 6.45) is 0. The van der Waals surface area contributed by atoms with Crippen LogP contribution >= 0.6 is 0 Å². The minimum atomic E-state index is -3.77. The van der Waals surface area contributed by atoms with Crippen LogP contribution in [0.1, 0.15) is 0 Å². The molecule has 224 valence electrons. The average Bonchev–Trinajstić information content (AvgIpc) is 2.91. The lowest BCUT2D eigenvalue weighted by molar-refractivity contribution is -0.143. The highest BCUT2D eigenvalue weighted by Gasteiger charge is 2.13. The van der Waals surface area contributed by atoms with Crippen LogP contribution in [0.15, 0.2) is 35.2 Å². The molecule has 0 aliphatic carbocycles. The number of benzene rings is 1. The fraction of sp³-hybridized carbons (Fsp3) is 0.667. The predicted molar refractivity (Wildman–Crippen MR) is 136 cm³/mol. The smallest absolute Gasteiger partial charge is 0.329 e. The summed E-state index contributed by atoms with van der Waals surface area (Å²) in [6, 6.07) is 7.92. The molecule has 0 fully saturated rings. The quantitative estimate of drug-likeness (QED) is 0.103. The molecule has 39 heavy (non-hydrogen) atoms. The molecule has 0 saturated carbocycles. The predicted octanol–water partition coefficient (Wildman–Crippen LogP) is -0.291. The topological polar surface area (TPSA) is 174 Å². The van der Waals surface area contributed by atoms with E-state index in [-0.39, 0.29) is 31.3 Å². The highest BCUT2D eigenvalue weighted by atomic mass is 32.2. The van der Waals surface area contributed by atoms with Crippen LogP contribution in [-0.2, 0) is 57.0 Å². The summed E-state index contributed by atoms with van der Waals surface area (Å²) in [5.74, 6) is -1.54. The molecule has 0 bridgehead atoms. The Bertz CT molecular complexity index is 855. The Morgan fingerprint density at radius 2 is 1.05 bits per heavy atom. The van der Waals surface area contributed by atoms with Gasteiger partial charge in [-0.15, -0.1) is 0 Å². The second-order valence-corrected chi connectivity index (χ2v) is 9.12. The molecule has 14 nitrogen and oxygen atoms in total. The summed E-state index contributed by atoms with van der Waals surface area (Å²) in [6.45, 7) is 3.71. The number of carboxylic acids is 1. The standard InChI is InChI=1S/C24H39NO13S/c26-23(20-37-21-24(27)28)25-6-7-31-8-9-32-10-11-33-12-13-34-14-15-35-16-17-36-18-19-38-39(29,30)22-4-2-1-3-5-22/h1-5H,6-21H2,(H,25,26)(H,27,28). The minimum absolute atomic E-state index is 0.0729. The molecule has 0 unspecified atom stereocenters. The van der Waals surface area contributed by atoms with Gasteiger partial charge in [0.1, 0.15) is 13.2 Å². The van der Waals surface area contributed by atoms with Crippen molar-refractivity contribution in [3.05, 3.63) is 30.3 Å². The first-order valence-corrected chi connectivity index (χ1v) is 13.8. The minimum Gasteiger partial charge on any atom is -0.480 e. The Labute approximate surface area is 228 Å². The molecule has 0 atom stereocenters. The largest absolute Gasteiger partial charge is 0.480 e. The van der Waals surface area contributed by atoms with Crippen LogP contribution in [0.25, 0.3) is 0 Å². The lowest BCUT2D eigenvalue weighted by Crippen LogP contribution is -2.31. The first kappa shape index (κ1) is 34.8. The monoisotopic (exact) mass is 581 g/mol. The number of amides is 1. The van der Waals surface area contributed by atoms with Gasteiger partial charge in [0.05, 0.1) is 90.8 Å². The Hall–Kier alpha value is -2.21. The number of hydrogen-bond donors (Lipinski definition) is 2. The van der Waals surface area contributed by atoms with Crippen molar-refractivity contribution >= 4 is 22.0 Å². The molecular weight excluding hydrogens is 542 g/mol. The van der Waals surface area contributed by atoms with Crippen molar-refractivity contribution in [3.8, 4) is 0 Å². The van der Waals surface area contributed by atoms with Crippen LogP contribution in [0, 0.1) is 0 Å². The van der Waals surface area contributed by atoms with Gasteiger partial charge >= 0.3 is 5.97 Å². The lowest BCUT2D eigenvalue weighted by atomic mass is 10.4. The molecule has 15 heteroatoms. The van der Waals surface area contributed by atoms with E-state index in [2.05, 4.69) is 10.1 Å². The van der Waals surface area contributed by atoms with Crippen LogP contribution in [0.3, 0.4) is 0 Å². The third-order valence-electron chi connectivity index (χ3n) is 4.39. The molecule has 0 aliphatic rings. The van der Waals surface area contributed by atoms with Gasteiger partial charge in [-0.1, -0.05) is 18.2 Å². The van der Waals surface area contributed by atoms with Crippen molar-refractivity contribution in [1.29, 1.82) is 0 Å². The molecule has 0 aromatic heterocycles. The number of hydrogen-bond acceptors (Lipinski definition) is 12. The number of nitrogens with one attached hydrogen (secondary N) is 1. The zero-order valence-electron chi connectivity index (χ0n) is 22.0. The number of carbonyl (C=O) groups excluding carboxylic acids is 1. The average molecular weight is 582 g/mol. The van der Waals surface area contributed by atoms with Crippen LogP contribution < -0.4 is 5.32 Å². The molecule has 1 rings (SSSR count). The number of carboxylic acid groups (broad SMARTS) is 1. The van der Waals surface area contributed by atoms with Crippen molar-refractivity contribution in [1.82, 2.24) is 5.32 Å². The maximum atomic E-state index is 11.9. The van der Waals surface area contributed by atoms with Crippen molar-refractivity contribution in [2.45, 2.75) is 4.90 Å². The van der Waals surface area contributed by atoms with Crippen LogP contribution in [-0.4, -0.2) is 131 Å². The molecule has 0 spiro atoms. The Morgan fingerprint density at radius 1 is 0.615 bits per heavy atom. The van der Waals surface area contributed by atoms with Crippen molar-refractivity contribution in [2.75, 3.05) is 106 Å². The van der Waals surface area contributed by atoms with Gasteiger partial charge in [0, 0.05) is 6.54 Å². The first-order chi connectivity index (χ1) is 18.9. The van der Waals surface area contributed by atoms with Gasteiger partial charge in [0.2, 0.25) is 5.91 Å². The van der Waals surface area contributed by atoms with E-state index in [1.54, 1.807) is 18.2 Å². The van der Waals surface area contributed by atoms with E-state index < -0.39 is 28.6 Å². The lowest BCUT2D eigenvalue weighted by Gasteiger charge is -2.09. The molecule has 1 amide bonds. The molecule has 0 saturated heterocycles. The van der Waals surface area contributed by atoms with E-state index in [9.17, 15) is 18.0 Å². The number of carbonyl (C=O) groups is 2. The van der Waals surface area contributed by atoms with Gasteiger partial charge in [0.25, 0.3) is 10.1 Å². The van der Waals surface area contributed by atoms with Gasteiger partial charge in [-0.3, -0.25) is 8.98 Å². The zero-order chi connectivity index (χ0) is 28.4. The zero-order valence-corrected chi connectivity index (χ0v) is 22.8. The van der Waals surface area contributed by atoms with E-state index >= 15 is 0 Å². The molecule has 1 aromatic rings. The number of ether oxygens (including phenoxy) is 7. The first-order valence-electron chi connectivity index (χ1n) is 12.4. The fourth-order valence-corrected chi connectivity index (χ4v) is 3.52. The third-order valence-corrected chi connectivity index (χ3v) is 5.71. The maximum Gasteiger partial charge on any atom is 0.329 e. The Kier molecular flexibility index (Phi) is 21.1. The van der Waals surface area contributed by atoms with Gasteiger partial charge in [-0.25, -0.2) is 4.79 Å². The second kappa shape index (κ2) is 23.7. The summed E-state index contributed by atoms with van der Waals surface area (Å²) < 4.78 is 65.5. The molecular formula is C24H39NO13S. The summed E-state index contributed by atoms with van der Waals surface area (Å²) in [4.78, 5) is 21.7. The summed E-state index contributed by atoms with van der Waals surface area (Å²) in [5, 5.41) is 10.9. The fourth-order valence-electron chi connectivity index (χ4n) is 2.60. The van der Waals surface area contributed by atoms with E-state index in [1.165, 1.54) is 12.1 Å². The van der Waals surface area contributed by atoms with E-state index in [4.69, 9.17) is 37.7 Å². The maximum absolute atomic E-state index is 11.9. The summed E-state index contributed by atoms with van der Waals surface area (Å²) >= 11 is 0. The highest BCUT2D eigenvalue weighted by Crippen LogP contribution is 2.10. The van der Waals surface area contributed by atoms with E-state index in [1.807, 2.05) is 0 Å². The SMILES string of the molecule is O=C(O)COCC(=O)NCCOCCOCCOCCOCCOCCOCCOS(=O)(=O)c1ccccc1. The molecule has 0 aliphatic heterocycles. The summed E-state index contributed by atoms with van der Waals surface area (Å²) in [5.41, 5.74) is 0. The molecule has 2 N–H and O–H groups in total. The normalized spacial score (nSPS) is 11.5. The van der Waals surface area contributed by atoms with Crippen LogP contribution in [0.4, 0.5) is 0 Å². The summed E-state index contributed by atoms with van der Waals surface area (Å²) in [7, 11) is -3.77. The number of rotatable bonds is 27. The van der Waals surface area contributed by atoms with Crippen molar-refractivity contribution < 1.29 is 60.5 Å². The van der Waals surface area contributed by atoms with E-state index in [0.29, 0.717) is 72.7 Å². The van der Waals surface area contributed by atoms with Gasteiger partial charge in [0.15, 0.2) is 0 Å². The second-order valence-electron chi connectivity index (χ2n) is 7.50. The molecule has 0 heterocycles. The molecule has 0 radical (unpaired) electrons. The van der Waals surface area contributed by atoms with Gasteiger partial charge < -0.3 is 43.6 Å². The van der Waals surface area contributed by atoms with E-state index in [0.717, 1.165) is 0 Å². The van der Waals surface area contributed by atoms with Gasteiger partial charge in [-0.2, -0.15) is 8.42 Å². The third kappa shape index (κ3) is 21.3. The number of aliphatic carboxylic acids is 1. The Morgan fingerprint density at radius 3 is 1.51 bits per heavy atom. The van der Waals surface area contributed by atoms with Crippen molar-refractivity contribution in [2.24, 2.45) is 0 Å².